The first-order valence-corrected chi connectivity index (χ1v) is 8.21. The number of hydrogen-bond acceptors (Lipinski definition) is 7. The van der Waals surface area contributed by atoms with Gasteiger partial charge in [0, 0.05) is 31.3 Å². The van der Waals surface area contributed by atoms with Crippen molar-refractivity contribution in [2.75, 3.05) is 23.7 Å². The van der Waals surface area contributed by atoms with Crippen LogP contribution >= 0.6 is 0 Å². The molecule has 126 valence electrons. The highest BCUT2D eigenvalue weighted by atomic mass is 16.5. The Kier molecular flexibility index (Phi) is 3.59. The van der Waals surface area contributed by atoms with E-state index in [-0.39, 0.29) is 17.9 Å². The largest absolute Gasteiger partial charge is 0.368 e. The Morgan fingerprint density at radius 1 is 1.42 bits per heavy atom. The van der Waals surface area contributed by atoms with Crippen LogP contribution in [0.4, 0.5) is 11.8 Å². The topological polar surface area (TPSA) is 110 Å². The van der Waals surface area contributed by atoms with Gasteiger partial charge in [-0.2, -0.15) is 4.98 Å². The number of amides is 1. The number of nitrogen functional groups attached to an aromatic ring is 1. The Balaban J connectivity index is 1.41. The Morgan fingerprint density at radius 3 is 3.00 bits per heavy atom. The van der Waals surface area contributed by atoms with Crippen LogP contribution in [-0.4, -0.2) is 40.2 Å². The molecule has 3 N–H and O–H groups in total. The Hall–Kier alpha value is -2.64. The maximum atomic E-state index is 12.4. The molecule has 2 atom stereocenters. The van der Waals surface area contributed by atoms with Gasteiger partial charge in [-0.25, -0.2) is 4.98 Å². The van der Waals surface area contributed by atoms with Crippen molar-refractivity contribution >= 4 is 17.7 Å². The molecule has 3 heterocycles. The third-order valence-electron chi connectivity index (χ3n) is 4.65. The number of aromatic nitrogens is 3. The summed E-state index contributed by atoms with van der Waals surface area (Å²) in [5.74, 6) is 2.40. The first-order valence-electron chi connectivity index (χ1n) is 8.21. The molecule has 0 bridgehead atoms. The summed E-state index contributed by atoms with van der Waals surface area (Å²) >= 11 is 0. The predicted octanol–water partition coefficient (Wildman–Crippen LogP) is 1.18. The summed E-state index contributed by atoms with van der Waals surface area (Å²) in [7, 11) is 0. The van der Waals surface area contributed by atoms with E-state index in [0.29, 0.717) is 24.1 Å². The van der Waals surface area contributed by atoms with Gasteiger partial charge in [-0.3, -0.25) is 4.79 Å². The van der Waals surface area contributed by atoms with Crippen molar-refractivity contribution in [2.24, 2.45) is 5.92 Å². The molecule has 1 aliphatic carbocycles. The monoisotopic (exact) mass is 328 g/mol. The smallest absolute Gasteiger partial charge is 0.273 e. The molecule has 0 aromatic carbocycles. The quantitative estimate of drug-likeness (QED) is 0.867. The highest BCUT2D eigenvalue weighted by Gasteiger charge is 2.33. The number of carbonyl (C=O) groups is 1. The van der Waals surface area contributed by atoms with Crippen LogP contribution < -0.4 is 16.0 Å². The van der Waals surface area contributed by atoms with Gasteiger partial charge in [-0.1, -0.05) is 12.1 Å². The van der Waals surface area contributed by atoms with Crippen molar-refractivity contribution in [2.45, 2.75) is 31.7 Å². The zero-order valence-corrected chi connectivity index (χ0v) is 13.5. The summed E-state index contributed by atoms with van der Waals surface area (Å²) in [6.45, 7) is 3.58. The van der Waals surface area contributed by atoms with Gasteiger partial charge in [0.2, 0.25) is 5.95 Å². The van der Waals surface area contributed by atoms with E-state index < -0.39 is 0 Å². The lowest BCUT2D eigenvalue weighted by Gasteiger charge is -2.17. The number of nitrogens with zero attached hydrogens (tertiary/aromatic N) is 4. The Labute approximate surface area is 139 Å². The molecular formula is C16H20N6O2. The van der Waals surface area contributed by atoms with Crippen molar-refractivity contribution in [1.82, 2.24) is 20.4 Å². The number of anilines is 2. The molecule has 4 rings (SSSR count). The molecule has 1 saturated carbocycles. The molecule has 2 aliphatic rings. The van der Waals surface area contributed by atoms with Crippen molar-refractivity contribution in [3.05, 3.63) is 29.8 Å². The summed E-state index contributed by atoms with van der Waals surface area (Å²) < 4.78 is 5.25. The second-order valence-corrected chi connectivity index (χ2v) is 6.62. The molecule has 1 amide bonds. The van der Waals surface area contributed by atoms with Crippen LogP contribution in [0.15, 0.2) is 22.9 Å². The van der Waals surface area contributed by atoms with Crippen LogP contribution in [-0.2, 0) is 0 Å². The van der Waals surface area contributed by atoms with E-state index in [1.807, 2.05) is 6.07 Å². The van der Waals surface area contributed by atoms with E-state index in [2.05, 4.69) is 32.3 Å². The number of carbonyl (C=O) groups excluding carboxylic acids is 1. The van der Waals surface area contributed by atoms with Crippen molar-refractivity contribution < 1.29 is 9.32 Å². The Morgan fingerprint density at radius 2 is 2.25 bits per heavy atom. The van der Waals surface area contributed by atoms with Gasteiger partial charge in [0.25, 0.3) is 5.91 Å². The second kappa shape index (κ2) is 5.77. The number of nitrogens with two attached hydrogens (primary N) is 1. The molecule has 8 heteroatoms. The molecule has 1 saturated heterocycles. The van der Waals surface area contributed by atoms with Gasteiger partial charge >= 0.3 is 0 Å². The van der Waals surface area contributed by atoms with Gasteiger partial charge in [-0.15, -0.1) is 0 Å². The highest BCUT2D eigenvalue weighted by molar-refractivity contribution is 5.92. The molecule has 0 spiro atoms. The second-order valence-electron chi connectivity index (χ2n) is 6.62. The maximum Gasteiger partial charge on any atom is 0.273 e. The van der Waals surface area contributed by atoms with Gasteiger partial charge in [0.15, 0.2) is 5.69 Å². The first kappa shape index (κ1) is 14.9. The SMILES string of the molecule is CC1CN(c2ccnc(N)n2)CC1NC(=O)c1cc(C2CC2)on1. The van der Waals surface area contributed by atoms with Crippen LogP contribution in [0.2, 0.25) is 0 Å². The van der Waals surface area contributed by atoms with Gasteiger partial charge in [0.1, 0.15) is 11.6 Å². The van der Waals surface area contributed by atoms with Gasteiger partial charge in [0.05, 0.1) is 6.04 Å². The van der Waals surface area contributed by atoms with Crippen molar-refractivity contribution in [1.29, 1.82) is 0 Å². The minimum atomic E-state index is -0.188. The predicted molar refractivity (Wildman–Crippen MR) is 87.6 cm³/mol. The van der Waals surface area contributed by atoms with Crippen LogP contribution in [0.5, 0.6) is 0 Å². The standard InChI is InChI=1S/C16H20N6O2/c1-9-7-22(14-4-5-18-16(17)20-14)8-12(9)19-15(23)11-6-13(24-21-11)10-2-3-10/h4-6,9-10,12H,2-3,7-8H2,1H3,(H,19,23)(H2,17,18,20). The molecule has 1 aliphatic heterocycles. The molecule has 2 aromatic heterocycles. The lowest BCUT2D eigenvalue weighted by molar-refractivity contribution is 0.0924. The summed E-state index contributed by atoms with van der Waals surface area (Å²) in [5, 5.41) is 6.95. The van der Waals surface area contributed by atoms with E-state index in [1.165, 1.54) is 0 Å². The van der Waals surface area contributed by atoms with E-state index in [4.69, 9.17) is 10.3 Å². The van der Waals surface area contributed by atoms with Gasteiger partial charge in [-0.05, 0) is 24.8 Å². The molecule has 2 fully saturated rings. The lowest BCUT2D eigenvalue weighted by Crippen LogP contribution is -2.40. The minimum absolute atomic E-state index is 0.0229. The van der Waals surface area contributed by atoms with Crippen LogP contribution in [0, 0.1) is 5.92 Å². The van der Waals surface area contributed by atoms with E-state index >= 15 is 0 Å². The fourth-order valence-electron chi connectivity index (χ4n) is 3.08. The molecule has 2 unspecified atom stereocenters. The number of nitrogens with one attached hydrogen (secondary N) is 1. The van der Waals surface area contributed by atoms with Crippen molar-refractivity contribution in [3.8, 4) is 0 Å². The van der Waals surface area contributed by atoms with Crippen LogP contribution in [0.3, 0.4) is 0 Å². The van der Waals surface area contributed by atoms with E-state index in [0.717, 1.165) is 31.0 Å². The average molecular weight is 328 g/mol. The third-order valence-corrected chi connectivity index (χ3v) is 4.65. The van der Waals surface area contributed by atoms with E-state index in [9.17, 15) is 4.79 Å². The first-order chi connectivity index (χ1) is 11.6. The minimum Gasteiger partial charge on any atom is -0.368 e. The summed E-state index contributed by atoms with van der Waals surface area (Å²) in [4.78, 5) is 22.7. The fourth-order valence-corrected chi connectivity index (χ4v) is 3.08. The van der Waals surface area contributed by atoms with Crippen LogP contribution in [0.25, 0.3) is 0 Å². The summed E-state index contributed by atoms with van der Waals surface area (Å²) in [6.07, 6.45) is 3.88. The number of hydrogen-bond donors (Lipinski definition) is 2. The zero-order chi connectivity index (χ0) is 16.7. The van der Waals surface area contributed by atoms with Crippen molar-refractivity contribution in [3.63, 3.8) is 0 Å². The molecule has 24 heavy (non-hydrogen) atoms. The zero-order valence-electron chi connectivity index (χ0n) is 13.5. The molecule has 0 radical (unpaired) electrons. The summed E-state index contributed by atoms with van der Waals surface area (Å²) in [6, 6.07) is 3.61. The van der Waals surface area contributed by atoms with Gasteiger partial charge < -0.3 is 20.5 Å². The maximum absolute atomic E-state index is 12.4. The molecule has 8 nitrogen and oxygen atoms in total. The summed E-state index contributed by atoms with van der Waals surface area (Å²) in [5.41, 5.74) is 6.00. The molecular weight excluding hydrogens is 308 g/mol. The molecule has 2 aromatic rings. The van der Waals surface area contributed by atoms with Crippen LogP contribution in [0.1, 0.15) is 41.9 Å². The normalized spacial score (nSPS) is 23.5. The van der Waals surface area contributed by atoms with E-state index in [1.54, 1.807) is 12.3 Å². The lowest BCUT2D eigenvalue weighted by atomic mass is 10.1. The fraction of sp³-hybridized carbons (Fsp3) is 0.500. The Bertz CT molecular complexity index is 757. The highest BCUT2D eigenvalue weighted by Crippen LogP contribution is 2.40. The third kappa shape index (κ3) is 2.91. The number of rotatable bonds is 4. The average Bonchev–Trinajstić information content (AvgIpc) is 3.18.